The zero-order chi connectivity index (χ0) is 13.2. The summed E-state index contributed by atoms with van der Waals surface area (Å²) in [5, 5.41) is 20.3. The van der Waals surface area contributed by atoms with Gasteiger partial charge >= 0.3 is 0 Å². The summed E-state index contributed by atoms with van der Waals surface area (Å²) in [5.74, 6) is 0. The first-order valence-corrected chi connectivity index (χ1v) is 7.57. The highest BCUT2D eigenvalue weighted by Gasteiger charge is 2.40. The maximum atomic E-state index is 10.7. The Morgan fingerprint density at radius 2 is 1.89 bits per heavy atom. The predicted molar refractivity (Wildman–Crippen MR) is 74.5 cm³/mol. The average molecular weight is 263 g/mol. The number of aliphatic hydroxyl groups excluding tert-OH is 1. The predicted octanol–water partition coefficient (Wildman–Crippen LogP) is 4.26. The molecule has 1 fully saturated rings. The van der Waals surface area contributed by atoms with Crippen LogP contribution < -0.4 is 0 Å². The van der Waals surface area contributed by atoms with Gasteiger partial charge in [0.05, 0.1) is 17.6 Å². The minimum Gasteiger partial charge on any atom is -0.387 e. The fraction of sp³-hybridized carbons (Fsp3) is 0.667. The largest absolute Gasteiger partial charge is 0.387 e. The monoisotopic (exact) mass is 263 g/mol. The van der Waals surface area contributed by atoms with Crippen molar-refractivity contribution in [1.82, 2.24) is 0 Å². The Morgan fingerprint density at radius 3 is 2.33 bits per heavy atom. The second kappa shape index (κ2) is 5.42. The molecule has 1 aliphatic rings. The number of aryl methyl sites for hydroxylation is 2. The maximum Gasteiger partial charge on any atom is 0.0986 e. The summed E-state index contributed by atoms with van der Waals surface area (Å²) >= 11 is 1.71. The number of hydrogen-bond acceptors (Lipinski definition) is 3. The van der Waals surface area contributed by atoms with Crippen molar-refractivity contribution in [2.24, 2.45) is 5.41 Å². The number of nitrogens with zero attached hydrogens (tertiary/aromatic N) is 1. The normalized spacial score (nSPS) is 21.0. The highest BCUT2D eigenvalue weighted by molar-refractivity contribution is 7.12. The minimum absolute atomic E-state index is 0.561. The van der Waals surface area contributed by atoms with Crippen LogP contribution in [0.25, 0.3) is 0 Å². The van der Waals surface area contributed by atoms with Crippen molar-refractivity contribution >= 4 is 11.3 Å². The Morgan fingerprint density at radius 1 is 1.28 bits per heavy atom. The third-order valence-corrected chi connectivity index (χ3v) is 5.10. The van der Waals surface area contributed by atoms with Crippen LogP contribution in [-0.2, 0) is 0 Å². The van der Waals surface area contributed by atoms with Gasteiger partial charge in [-0.05, 0) is 38.3 Å². The van der Waals surface area contributed by atoms with Gasteiger partial charge in [-0.3, -0.25) is 0 Å². The molecular formula is C15H21NOS. The summed E-state index contributed by atoms with van der Waals surface area (Å²) in [6.45, 7) is 4.10. The van der Waals surface area contributed by atoms with Gasteiger partial charge in [-0.2, -0.15) is 5.26 Å². The Labute approximate surface area is 113 Å². The number of rotatable bonds is 2. The van der Waals surface area contributed by atoms with Gasteiger partial charge in [0.25, 0.3) is 0 Å². The van der Waals surface area contributed by atoms with E-state index in [4.69, 9.17) is 0 Å². The molecule has 0 bridgehead atoms. The van der Waals surface area contributed by atoms with Gasteiger partial charge in [0, 0.05) is 9.75 Å². The van der Waals surface area contributed by atoms with Gasteiger partial charge in [-0.15, -0.1) is 11.3 Å². The zero-order valence-corrected chi connectivity index (χ0v) is 12.0. The van der Waals surface area contributed by atoms with Gasteiger partial charge in [0.15, 0.2) is 0 Å². The van der Waals surface area contributed by atoms with Gasteiger partial charge in [0.2, 0.25) is 0 Å². The van der Waals surface area contributed by atoms with Crippen LogP contribution in [0.3, 0.4) is 0 Å². The molecule has 1 atom stereocenters. The molecular weight excluding hydrogens is 242 g/mol. The average Bonchev–Trinajstić information content (AvgIpc) is 2.57. The van der Waals surface area contributed by atoms with Crippen molar-refractivity contribution in [2.45, 2.75) is 58.5 Å². The quantitative estimate of drug-likeness (QED) is 0.810. The molecule has 18 heavy (non-hydrogen) atoms. The van der Waals surface area contributed by atoms with Gasteiger partial charge < -0.3 is 5.11 Å². The Balaban J connectivity index is 2.32. The van der Waals surface area contributed by atoms with Crippen molar-refractivity contribution in [1.29, 1.82) is 5.26 Å². The molecule has 1 saturated carbocycles. The number of aliphatic hydroxyl groups is 1. The van der Waals surface area contributed by atoms with Gasteiger partial charge in [0.1, 0.15) is 0 Å². The van der Waals surface area contributed by atoms with E-state index in [1.807, 2.05) is 6.92 Å². The van der Waals surface area contributed by atoms with E-state index in [0.29, 0.717) is 0 Å². The van der Waals surface area contributed by atoms with E-state index in [2.05, 4.69) is 19.1 Å². The highest BCUT2D eigenvalue weighted by Crippen LogP contribution is 2.46. The molecule has 0 spiro atoms. The zero-order valence-electron chi connectivity index (χ0n) is 11.2. The first-order valence-electron chi connectivity index (χ1n) is 6.75. The lowest BCUT2D eigenvalue weighted by Crippen LogP contribution is -2.27. The standard InChI is InChI=1S/C15H21NOS/c1-11-9-13(12(2)18-11)14(17)15(10-16)7-5-3-4-6-8-15/h9,14,17H,3-8H2,1-2H3. The van der Waals surface area contributed by atoms with Crippen molar-refractivity contribution in [3.05, 3.63) is 21.4 Å². The lowest BCUT2D eigenvalue weighted by atomic mass is 9.74. The molecule has 0 radical (unpaired) electrons. The fourth-order valence-corrected chi connectivity index (χ4v) is 3.98. The van der Waals surface area contributed by atoms with Crippen LogP contribution in [0.2, 0.25) is 0 Å². The van der Waals surface area contributed by atoms with Crippen LogP contribution in [0.15, 0.2) is 6.07 Å². The summed E-state index contributed by atoms with van der Waals surface area (Å²) in [6.07, 6.45) is 5.55. The van der Waals surface area contributed by atoms with E-state index in [1.54, 1.807) is 11.3 Å². The molecule has 0 aliphatic heterocycles. The van der Waals surface area contributed by atoms with Gasteiger partial charge in [-0.25, -0.2) is 0 Å². The summed E-state index contributed by atoms with van der Waals surface area (Å²) in [6, 6.07) is 4.50. The molecule has 3 heteroatoms. The van der Waals surface area contributed by atoms with Crippen molar-refractivity contribution in [3.8, 4) is 6.07 Å². The SMILES string of the molecule is Cc1cc(C(O)C2(C#N)CCCCCC2)c(C)s1. The fourth-order valence-electron chi connectivity index (χ4n) is 3.03. The molecule has 98 valence electrons. The smallest absolute Gasteiger partial charge is 0.0986 e. The molecule has 2 nitrogen and oxygen atoms in total. The van der Waals surface area contributed by atoms with Crippen LogP contribution in [-0.4, -0.2) is 5.11 Å². The van der Waals surface area contributed by atoms with E-state index < -0.39 is 11.5 Å². The van der Waals surface area contributed by atoms with E-state index >= 15 is 0 Å². The Hall–Kier alpha value is -0.850. The molecule has 0 amide bonds. The molecule has 1 aromatic heterocycles. The number of nitriles is 1. The van der Waals surface area contributed by atoms with Crippen LogP contribution >= 0.6 is 11.3 Å². The Kier molecular flexibility index (Phi) is 4.09. The van der Waals surface area contributed by atoms with Gasteiger partial charge in [-0.1, -0.05) is 25.7 Å². The lowest BCUT2D eigenvalue weighted by molar-refractivity contribution is 0.0515. The summed E-state index contributed by atoms with van der Waals surface area (Å²) in [7, 11) is 0. The van der Waals surface area contributed by atoms with E-state index in [9.17, 15) is 10.4 Å². The molecule has 2 rings (SSSR count). The maximum absolute atomic E-state index is 10.7. The van der Waals surface area contributed by atoms with E-state index in [-0.39, 0.29) is 0 Å². The minimum atomic E-state index is -0.620. The first kappa shape index (κ1) is 13.6. The third-order valence-electron chi connectivity index (χ3n) is 4.12. The van der Waals surface area contributed by atoms with Crippen LogP contribution in [0, 0.1) is 30.6 Å². The Bertz CT molecular complexity index is 450. The topological polar surface area (TPSA) is 44.0 Å². The van der Waals surface area contributed by atoms with Crippen LogP contribution in [0.1, 0.15) is 59.9 Å². The number of thiophene rings is 1. The molecule has 0 aromatic carbocycles. The van der Waals surface area contributed by atoms with E-state index in [0.717, 1.165) is 36.1 Å². The van der Waals surface area contributed by atoms with Crippen LogP contribution in [0.5, 0.6) is 0 Å². The molecule has 0 saturated heterocycles. The second-order valence-electron chi connectivity index (χ2n) is 5.45. The van der Waals surface area contributed by atoms with Crippen molar-refractivity contribution < 1.29 is 5.11 Å². The number of hydrogen-bond donors (Lipinski definition) is 1. The van der Waals surface area contributed by atoms with Crippen LogP contribution in [0.4, 0.5) is 0 Å². The van der Waals surface area contributed by atoms with Crippen molar-refractivity contribution in [2.75, 3.05) is 0 Å². The molecule has 1 aliphatic carbocycles. The molecule has 1 N–H and O–H groups in total. The molecule has 1 unspecified atom stereocenters. The molecule has 1 heterocycles. The third kappa shape index (κ3) is 2.46. The highest BCUT2D eigenvalue weighted by atomic mass is 32.1. The summed E-state index contributed by atoms with van der Waals surface area (Å²) in [4.78, 5) is 2.36. The summed E-state index contributed by atoms with van der Waals surface area (Å²) in [5.41, 5.74) is 0.412. The molecule has 1 aromatic rings. The second-order valence-corrected chi connectivity index (χ2v) is 6.91. The summed E-state index contributed by atoms with van der Waals surface area (Å²) < 4.78 is 0. The van der Waals surface area contributed by atoms with E-state index in [1.165, 1.54) is 17.7 Å². The van der Waals surface area contributed by atoms with Crippen molar-refractivity contribution in [3.63, 3.8) is 0 Å². The first-order chi connectivity index (χ1) is 8.59. The lowest BCUT2D eigenvalue weighted by Gasteiger charge is -2.30.